The second-order valence-electron chi connectivity index (χ2n) is 3.72. The fourth-order valence-corrected chi connectivity index (χ4v) is 4.92. The average Bonchev–Trinajstić information content (AvgIpc) is 2.44. The molecular weight excluding hydrogens is 281 g/mol. The van der Waals surface area contributed by atoms with Gasteiger partial charge in [-0.25, -0.2) is 4.57 Å². The van der Waals surface area contributed by atoms with Crippen LogP contribution in [0.2, 0.25) is 0 Å². The van der Waals surface area contributed by atoms with E-state index in [1.54, 1.807) is 19.1 Å². The number of hydrogen-bond acceptors (Lipinski definition) is 5. The predicted octanol–water partition coefficient (Wildman–Crippen LogP) is 4.56. The molecule has 2 unspecified atom stereocenters. The zero-order chi connectivity index (χ0) is 14.1. The van der Waals surface area contributed by atoms with E-state index in [9.17, 15) is 9.83 Å². The second-order valence-corrected chi connectivity index (χ2v) is 7.87. The molecule has 2 atom stereocenters. The predicted molar refractivity (Wildman–Crippen MR) is 77.9 cm³/mol. The minimum Gasteiger partial charge on any atom is -0.301 e. The Morgan fingerprint density at radius 1 is 1.37 bits per heavy atom. The van der Waals surface area contributed by atoms with E-state index < -0.39 is 12.9 Å². The molecule has 0 saturated heterocycles. The summed E-state index contributed by atoms with van der Waals surface area (Å²) in [6.45, 7) is 0.757. The van der Waals surface area contributed by atoms with E-state index in [1.807, 2.05) is 31.2 Å². The van der Waals surface area contributed by atoms with E-state index in [0.29, 0.717) is 17.9 Å². The van der Waals surface area contributed by atoms with Gasteiger partial charge in [0.1, 0.15) is 0 Å². The summed E-state index contributed by atoms with van der Waals surface area (Å²) in [6, 6.07) is 11.0. The van der Waals surface area contributed by atoms with Crippen LogP contribution in [0.15, 0.2) is 30.3 Å². The Kier molecular flexibility index (Phi) is 7.19. The van der Waals surface area contributed by atoms with Crippen LogP contribution < -0.4 is 0 Å². The zero-order valence-electron chi connectivity index (χ0n) is 11.1. The number of rotatable bonds is 8. The summed E-state index contributed by atoms with van der Waals surface area (Å²) in [5.41, 5.74) is 0.682. The smallest absolute Gasteiger partial charge is 0.301 e. The van der Waals surface area contributed by atoms with Gasteiger partial charge >= 0.3 is 6.80 Å². The summed E-state index contributed by atoms with van der Waals surface area (Å²) in [5.74, 6) is 0.671. The molecule has 104 valence electrons. The van der Waals surface area contributed by atoms with Gasteiger partial charge in [0.05, 0.1) is 12.7 Å². The lowest BCUT2D eigenvalue weighted by Crippen LogP contribution is -2.01. The molecular formula is C13H18NO3PS. The third kappa shape index (κ3) is 5.38. The summed E-state index contributed by atoms with van der Waals surface area (Å²) in [5, 5.41) is 9.18. The normalized spacial score (nSPS) is 15.4. The summed E-state index contributed by atoms with van der Waals surface area (Å²) < 4.78 is 23.2. The van der Waals surface area contributed by atoms with Gasteiger partial charge in [0.25, 0.3) is 0 Å². The molecule has 1 aromatic carbocycles. The molecule has 0 aliphatic rings. The summed E-state index contributed by atoms with van der Waals surface area (Å²) in [7, 11) is 0. The average molecular weight is 299 g/mol. The molecule has 6 heteroatoms. The molecule has 0 amide bonds. The van der Waals surface area contributed by atoms with Crippen LogP contribution in [0.3, 0.4) is 0 Å². The first kappa shape index (κ1) is 16.3. The maximum absolute atomic E-state index is 12.5. The number of nitriles is 1. The van der Waals surface area contributed by atoms with Gasteiger partial charge in [-0.15, -0.1) is 0 Å². The summed E-state index contributed by atoms with van der Waals surface area (Å²) >= 11 is 1.15. The molecule has 1 rings (SSSR count). The quantitative estimate of drug-likeness (QED) is 0.659. The maximum atomic E-state index is 12.5. The standard InChI is InChI=1S/C13H18NO3PS/c1-3-10-19-18(15,16-4-2)17-13(11-14)12-8-6-5-7-9-12/h5-9,13H,3-4,10H2,1-2H3. The first-order valence-electron chi connectivity index (χ1n) is 6.17. The van der Waals surface area contributed by atoms with Crippen molar-refractivity contribution < 1.29 is 13.6 Å². The number of nitrogens with zero attached hydrogens (tertiary/aromatic N) is 1. The van der Waals surface area contributed by atoms with E-state index in [-0.39, 0.29) is 0 Å². The monoisotopic (exact) mass is 299 g/mol. The SMILES string of the molecule is CCCSP(=O)(OCC)OC(C#N)c1ccccc1. The van der Waals surface area contributed by atoms with E-state index in [2.05, 4.69) is 0 Å². The highest BCUT2D eigenvalue weighted by atomic mass is 32.7. The number of benzene rings is 1. The Balaban J connectivity index is 2.82. The molecule has 0 N–H and O–H groups in total. The lowest BCUT2D eigenvalue weighted by molar-refractivity contribution is 0.198. The lowest BCUT2D eigenvalue weighted by Gasteiger charge is -2.19. The first-order valence-corrected chi connectivity index (χ1v) is 9.30. The molecule has 0 saturated carbocycles. The fraction of sp³-hybridized carbons (Fsp3) is 0.462. The van der Waals surface area contributed by atoms with Crippen molar-refractivity contribution >= 4 is 18.2 Å². The van der Waals surface area contributed by atoms with Gasteiger partial charge in [-0.05, 0) is 30.3 Å². The molecule has 19 heavy (non-hydrogen) atoms. The van der Waals surface area contributed by atoms with Crippen molar-refractivity contribution in [1.29, 1.82) is 5.26 Å². The van der Waals surface area contributed by atoms with Crippen molar-refractivity contribution in [3.05, 3.63) is 35.9 Å². The van der Waals surface area contributed by atoms with E-state index in [0.717, 1.165) is 17.8 Å². The first-order chi connectivity index (χ1) is 9.15. The van der Waals surface area contributed by atoms with Gasteiger partial charge in [0.15, 0.2) is 6.10 Å². The molecule has 0 fully saturated rings. The van der Waals surface area contributed by atoms with Gasteiger partial charge in [-0.3, -0.25) is 4.52 Å². The Morgan fingerprint density at radius 3 is 2.58 bits per heavy atom. The Hall–Kier alpha value is -0.790. The minimum atomic E-state index is -3.28. The number of hydrogen-bond donors (Lipinski definition) is 0. The van der Waals surface area contributed by atoms with Gasteiger partial charge in [0.2, 0.25) is 0 Å². The highest BCUT2D eigenvalue weighted by Gasteiger charge is 2.30. The fourth-order valence-electron chi connectivity index (χ4n) is 1.38. The van der Waals surface area contributed by atoms with Gasteiger partial charge in [-0.2, -0.15) is 5.26 Å². The molecule has 0 aliphatic heterocycles. The van der Waals surface area contributed by atoms with Crippen molar-refractivity contribution in [2.75, 3.05) is 12.4 Å². The van der Waals surface area contributed by atoms with Crippen LogP contribution in [-0.2, 0) is 13.6 Å². The minimum absolute atomic E-state index is 0.293. The highest BCUT2D eigenvalue weighted by Crippen LogP contribution is 2.63. The van der Waals surface area contributed by atoms with E-state index in [4.69, 9.17) is 9.05 Å². The van der Waals surface area contributed by atoms with Crippen LogP contribution in [-0.4, -0.2) is 12.4 Å². The molecule has 0 spiro atoms. The van der Waals surface area contributed by atoms with Gasteiger partial charge in [-0.1, -0.05) is 37.3 Å². The molecule has 0 heterocycles. The van der Waals surface area contributed by atoms with E-state index in [1.165, 1.54) is 0 Å². The highest BCUT2D eigenvalue weighted by molar-refractivity contribution is 8.55. The molecule has 0 radical (unpaired) electrons. The van der Waals surface area contributed by atoms with Crippen LogP contribution in [0.1, 0.15) is 31.9 Å². The maximum Gasteiger partial charge on any atom is 0.390 e. The molecule has 0 aliphatic carbocycles. The van der Waals surface area contributed by atoms with Crippen LogP contribution >= 0.6 is 18.2 Å². The Morgan fingerprint density at radius 2 is 2.05 bits per heavy atom. The van der Waals surface area contributed by atoms with Crippen molar-refractivity contribution in [2.45, 2.75) is 26.4 Å². The largest absolute Gasteiger partial charge is 0.390 e. The molecule has 4 nitrogen and oxygen atoms in total. The third-order valence-electron chi connectivity index (χ3n) is 2.19. The van der Waals surface area contributed by atoms with Crippen molar-refractivity contribution in [2.24, 2.45) is 0 Å². The van der Waals surface area contributed by atoms with Crippen molar-refractivity contribution in [3.63, 3.8) is 0 Å². The van der Waals surface area contributed by atoms with Crippen LogP contribution in [0, 0.1) is 11.3 Å². The summed E-state index contributed by atoms with van der Waals surface area (Å²) in [6.07, 6.45) is -0.00358. The van der Waals surface area contributed by atoms with Crippen LogP contribution in [0.25, 0.3) is 0 Å². The van der Waals surface area contributed by atoms with Gasteiger partial charge < -0.3 is 4.52 Å². The van der Waals surface area contributed by atoms with E-state index >= 15 is 0 Å². The van der Waals surface area contributed by atoms with Crippen LogP contribution in [0.4, 0.5) is 0 Å². The Bertz CT molecular complexity index is 461. The van der Waals surface area contributed by atoms with Gasteiger partial charge in [0, 0.05) is 5.75 Å². The zero-order valence-corrected chi connectivity index (χ0v) is 12.8. The molecule has 0 bridgehead atoms. The lowest BCUT2D eigenvalue weighted by atomic mass is 10.1. The van der Waals surface area contributed by atoms with Crippen molar-refractivity contribution in [3.8, 4) is 6.07 Å². The molecule has 1 aromatic rings. The Labute approximate surface area is 118 Å². The van der Waals surface area contributed by atoms with Crippen molar-refractivity contribution in [1.82, 2.24) is 0 Å². The second kappa shape index (κ2) is 8.39. The van der Waals surface area contributed by atoms with Crippen LogP contribution in [0.5, 0.6) is 0 Å². The molecule has 0 aromatic heterocycles. The summed E-state index contributed by atoms with van der Waals surface area (Å²) in [4.78, 5) is 0. The third-order valence-corrected chi connectivity index (χ3v) is 6.22. The topological polar surface area (TPSA) is 59.3 Å².